The van der Waals surface area contributed by atoms with Gasteiger partial charge in [0.25, 0.3) is 0 Å². The highest BCUT2D eigenvalue weighted by molar-refractivity contribution is 4.92. The van der Waals surface area contributed by atoms with Crippen molar-refractivity contribution >= 4 is 0 Å². The second-order valence-corrected chi connectivity index (χ2v) is 6.42. The number of nitrogens with one attached hydrogen (secondary N) is 1. The molecule has 2 aliphatic carbocycles. The Morgan fingerprint density at radius 1 is 1.21 bits per heavy atom. The second kappa shape index (κ2) is 5.61. The van der Waals surface area contributed by atoms with Crippen LogP contribution in [-0.2, 0) is 6.42 Å². The van der Waals surface area contributed by atoms with Gasteiger partial charge in [-0.3, -0.25) is 0 Å². The Morgan fingerprint density at radius 3 is 2.58 bits per heavy atom. The first-order chi connectivity index (χ1) is 9.26. The maximum atomic E-state index is 4.98. The molecule has 0 radical (unpaired) electrons. The molecule has 0 atom stereocenters. The Labute approximate surface area is 115 Å². The average molecular weight is 263 g/mol. The summed E-state index contributed by atoms with van der Waals surface area (Å²) in [6.07, 6.45) is 12.4. The summed E-state index contributed by atoms with van der Waals surface area (Å²) < 4.78 is 4.98. The summed E-state index contributed by atoms with van der Waals surface area (Å²) in [5, 5.41) is 7.59. The van der Waals surface area contributed by atoms with E-state index < -0.39 is 0 Å². The number of aryl methyl sites for hydroxylation is 1. The predicted molar refractivity (Wildman–Crippen MR) is 73.9 cm³/mol. The number of hydrogen-bond acceptors (Lipinski definition) is 4. The highest BCUT2D eigenvalue weighted by Gasteiger charge is 2.37. The lowest BCUT2D eigenvalue weighted by molar-refractivity contribution is 0.169. The van der Waals surface area contributed by atoms with Crippen molar-refractivity contribution in [3.8, 4) is 0 Å². The van der Waals surface area contributed by atoms with E-state index in [-0.39, 0.29) is 0 Å². The first-order valence-corrected chi connectivity index (χ1v) is 7.78. The monoisotopic (exact) mass is 263 g/mol. The summed E-state index contributed by atoms with van der Waals surface area (Å²) >= 11 is 0. The summed E-state index contributed by atoms with van der Waals surface area (Å²) in [6.45, 7) is 2.81. The van der Waals surface area contributed by atoms with Crippen molar-refractivity contribution in [3.05, 3.63) is 11.7 Å². The van der Waals surface area contributed by atoms with Gasteiger partial charge < -0.3 is 9.84 Å². The molecule has 2 aliphatic rings. The van der Waals surface area contributed by atoms with Gasteiger partial charge in [-0.25, -0.2) is 0 Å². The van der Waals surface area contributed by atoms with Crippen LogP contribution in [0.5, 0.6) is 0 Å². The number of nitrogens with zero attached hydrogens (tertiary/aromatic N) is 2. The van der Waals surface area contributed by atoms with Crippen LogP contribution < -0.4 is 5.32 Å². The van der Waals surface area contributed by atoms with Crippen LogP contribution in [0, 0.1) is 12.3 Å². The van der Waals surface area contributed by atoms with Crippen molar-refractivity contribution < 1.29 is 4.52 Å². The van der Waals surface area contributed by atoms with Crippen LogP contribution in [0.3, 0.4) is 0 Å². The van der Waals surface area contributed by atoms with Gasteiger partial charge in [0, 0.05) is 25.9 Å². The van der Waals surface area contributed by atoms with Gasteiger partial charge >= 0.3 is 0 Å². The van der Waals surface area contributed by atoms with E-state index >= 15 is 0 Å². The lowest BCUT2D eigenvalue weighted by Crippen LogP contribution is -2.37. The van der Waals surface area contributed by atoms with E-state index in [1.807, 2.05) is 6.92 Å². The van der Waals surface area contributed by atoms with E-state index in [1.54, 1.807) is 0 Å². The van der Waals surface area contributed by atoms with E-state index in [1.165, 1.54) is 51.4 Å². The van der Waals surface area contributed by atoms with Crippen LogP contribution in [0.4, 0.5) is 0 Å². The molecule has 0 bridgehead atoms. The molecule has 0 saturated heterocycles. The summed E-state index contributed by atoms with van der Waals surface area (Å²) in [7, 11) is 0. The third-order valence-corrected chi connectivity index (χ3v) is 5.06. The Kier molecular flexibility index (Phi) is 3.87. The fraction of sp³-hybridized carbons (Fsp3) is 0.867. The summed E-state index contributed by atoms with van der Waals surface area (Å²) in [4.78, 5) is 4.23. The molecule has 4 nitrogen and oxygen atoms in total. The normalized spacial score (nSPS) is 23.2. The molecule has 1 heterocycles. The third kappa shape index (κ3) is 3.16. The molecule has 1 N–H and O–H groups in total. The molecule has 1 aromatic rings. The van der Waals surface area contributed by atoms with Crippen LogP contribution in [0.1, 0.15) is 63.1 Å². The van der Waals surface area contributed by atoms with Crippen molar-refractivity contribution in [2.24, 2.45) is 5.41 Å². The Morgan fingerprint density at radius 2 is 1.95 bits per heavy atom. The van der Waals surface area contributed by atoms with Gasteiger partial charge in [-0.1, -0.05) is 18.0 Å². The molecule has 4 heteroatoms. The zero-order valence-corrected chi connectivity index (χ0v) is 12.0. The molecule has 2 fully saturated rings. The molecule has 0 amide bonds. The fourth-order valence-electron chi connectivity index (χ4n) is 3.89. The quantitative estimate of drug-likeness (QED) is 0.907. The highest BCUT2D eigenvalue weighted by Crippen LogP contribution is 2.48. The van der Waals surface area contributed by atoms with Gasteiger partial charge in [-0.2, -0.15) is 4.98 Å². The van der Waals surface area contributed by atoms with Gasteiger partial charge in [0.05, 0.1) is 0 Å². The largest absolute Gasteiger partial charge is 0.340 e. The minimum Gasteiger partial charge on any atom is -0.340 e. The van der Waals surface area contributed by atoms with Gasteiger partial charge in [0.2, 0.25) is 5.89 Å². The minimum atomic E-state index is 0.663. The Bertz CT molecular complexity index is 399. The maximum Gasteiger partial charge on any atom is 0.223 e. The standard InChI is InChI=1S/C15H25N3O/c1-12-17-14(18-19-12)6-11-16-13-4-9-15(10-5-13)7-2-3-8-15/h13,16H,2-11H2,1H3. The molecule has 2 saturated carbocycles. The topological polar surface area (TPSA) is 51.0 Å². The van der Waals surface area contributed by atoms with Gasteiger partial charge in [0.1, 0.15) is 0 Å². The summed E-state index contributed by atoms with van der Waals surface area (Å²) in [5.41, 5.74) is 0.739. The van der Waals surface area contributed by atoms with Crippen LogP contribution in [0.2, 0.25) is 0 Å². The van der Waals surface area contributed by atoms with Crippen molar-refractivity contribution in [2.75, 3.05) is 6.54 Å². The first-order valence-electron chi connectivity index (χ1n) is 7.78. The van der Waals surface area contributed by atoms with E-state index in [0.717, 1.165) is 24.2 Å². The number of aromatic nitrogens is 2. The van der Waals surface area contributed by atoms with E-state index in [0.29, 0.717) is 11.9 Å². The zero-order valence-electron chi connectivity index (χ0n) is 12.0. The van der Waals surface area contributed by atoms with Gasteiger partial charge in [0.15, 0.2) is 5.82 Å². The minimum absolute atomic E-state index is 0.663. The van der Waals surface area contributed by atoms with Crippen molar-refractivity contribution in [2.45, 2.75) is 70.8 Å². The van der Waals surface area contributed by atoms with E-state index in [2.05, 4.69) is 15.5 Å². The molecule has 19 heavy (non-hydrogen) atoms. The molecule has 1 aromatic heterocycles. The molecular formula is C15H25N3O. The third-order valence-electron chi connectivity index (χ3n) is 5.06. The van der Waals surface area contributed by atoms with Gasteiger partial charge in [-0.15, -0.1) is 0 Å². The molecule has 0 aliphatic heterocycles. The summed E-state index contributed by atoms with van der Waals surface area (Å²) in [6, 6.07) is 0.708. The Balaban J connectivity index is 1.38. The highest BCUT2D eigenvalue weighted by atomic mass is 16.5. The molecule has 3 rings (SSSR count). The van der Waals surface area contributed by atoms with Crippen LogP contribution in [-0.4, -0.2) is 22.7 Å². The van der Waals surface area contributed by atoms with Gasteiger partial charge in [-0.05, 0) is 43.9 Å². The Hall–Kier alpha value is -0.900. The van der Waals surface area contributed by atoms with E-state index in [9.17, 15) is 0 Å². The lowest BCUT2D eigenvalue weighted by Gasteiger charge is -2.37. The smallest absolute Gasteiger partial charge is 0.223 e. The van der Waals surface area contributed by atoms with Crippen molar-refractivity contribution in [1.29, 1.82) is 0 Å². The van der Waals surface area contributed by atoms with Crippen LogP contribution >= 0.6 is 0 Å². The number of rotatable bonds is 4. The molecule has 0 aromatic carbocycles. The fourth-order valence-corrected chi connectivity index (χ4v) is 3.89. The lowest BCUT2D eigenvalue weighted by atomic mass is 9.71. The first kappa shape index (κ1) is 13.1. The number of hydrogen-bond donors (Lipinski definition) is 1. The van der Waals surface area contributed by atoms with E-state index in [4.69, 9.17) is 4.52 Å². The zero-order chi connectivity index (χ0) is 13.1. The predicted octanol–water partition coefficient (Wildman–Crippen LogP) is 3.01. The van der Waals surface area contributed by atoms with Crippen LogP contribution in [0.25, 0.3) is 0 Å². The maximum absolute atomic E-state index is 4.98. The second-order valence-electron chi connectivity index (χ2n) is 6.42. The summed E-state index contributed by atoms with van der Waals surface area (Å²) in [5.74, 6) is 1.49. The molecule has 1 spiro atoms. The SMILES string of the molecule is Cc1nc(CCNC2CCC3(CCCC3)CC2)no1. The van der Waals surface area contributed by atoms with Crippen molar-refractivity contribution in [3.63, 3.8) is 0 Å². The van der Waals surface area contributed by atoms with Crippen molar-refractivity contribution in [1.82, 2.24) is 15.5 Å². The van der Waals surface area contributed by atoms with Crippen LogP contribution in [0.15, 0.2) is 4.52 Å². The molecule has 0 unspecified atom stereocenters. The average Bonchev–Trinajstić information content (AvgIpc) is 3.02. The molecule has 106 valence electrons. The molecular weight excluding hydrogens is 238 g/mol.